The zero-order valence-corrected chi connectivity index (χ0v) is 17.5. The van der Waals surface area contributed by atoms with Crippen LogP contribution in [0.1, 0.15) is 68.2 Å². The average Bonchev–Trinajstić information content (AvgIpc) is 2.58. The molecule has 0 unspecified atom stereocenters. The molecule has 2 aliphatic heterocycles. The lowest BCUT2D eigenvalue weighted by Gasteiger charge is -2.48. The third kappa shape index (κ3) is 7.53. The Kier molecular flexibility index (Phi) is 12.2. The van der Waals surface area contributed by atoms with Gasteiger partial charge in [0.15, 0.2) is 0 Å². The largest absolute Gasteiger partial charge is 0.304 e. The maximum atomic E-state index is 2.72. The Labute approximate surface area is 147 Å². The molecule has 0 N–H and O–H groups in total. The van der Waals surface area contributed by atoms with Crippen molar-refractivity contribution >= 4 is 0 Å². The molecule has 0 radical (unpaired) electrons. The van der Waals surface area contributed by atoms with Gasteiger partial charge in [-0.2, -0.15) is 0 Å². The molecule has 2 fully saturated rings. The number of hydrogen-bond acceptors (Lipinski definition) is 3. The summed E-state index contributed by atoms with van der Waals surface area (Å²) in [6, 6.07) is 0. The van der Waals surface area contributed by atoms with Gasteiger partial charge >= 0.3 is 0 Å². The van der Waals surface area contributed by atoms with E-state index in [-0.39, 0.29) is 0 Å². The van der Waals surface area contributed by atoms with E-state index >= 15 is 0 Å². The van der Waals surface area contributed by atoms with E-state index in [1.165, 1.54) is 65.2 Å². The highest BCUT2D eigenvalue weighted by molar-refractivity contribution is 4.90. The molecule has 3 nitrogen and oxygen atoms in total. The predicted octanol–water partition coefficient (Wildman–Crippen LogP) is 4.19. The molecule has 0 aromatic heterocycles. The van der Waals surface area contributed by atoms with E-state index in [9.17, 15) is 0 Å². The molecule has 0 saturated carbocycles. The van der Waals surface area contributed by atoms with E-state index in [1.54, 1.807) is 0 Å². The summed E-state index contributed by atoms with van der Waals surface area (Å²) >= 11 is 0. The SMILES string of the molecule is CC.CC.CCN1CCC(CN2CCN(CC)C(C)(C)C2)CC1. The molecule has 0 spiro atoms. The van der Waals surface area contributed by atoms with Gasteiger partial charge in [-0.15, -0.1) is 0 Å². The van der Waals surface area contributed by atoms with Gasteiger partial charge in [-0.1, -0.05) is 41.5 Å². The van der Waals surface area contributed by atoms with Crippen LogP contribution in [0, 0.1) is 5.92 Å². The normalized spacial score (nSPS) is 23.5. The molecular formula is C20H45N3. The summed E-state index contributed by atoms with van der Waals surface area (Å²) in [4.78, 5) is 7.94. The van der Waals surface area contributed by atoms with Crippen LogP contribution in [0.25, 0.3) is 0 Å². The zero-order chi connectivity index (χ0) is 17.9. The van der Waals surface area contributed by atoms with Crippen LogP contribution in [0.5, 0.6) is 0 Å². The Morgan fingerprint density at radius 2 is 1.35 bits per heavy atom. The van der Waals surface area contributed by atoms with E-state index in [0.29, 0.717) is 5.54 Å². The number of rotatable bonds is 4. The van der Waals surface area contributed by atoms with Crippen molar-refractivity contribution in [1.82, 2.24) is 14.7 Å². The van der Waals surface area contributed by atoms with E-state index in [4.69, 9.17) is 0 Å². The van der Waals surface area contributed by atoms with E-state index in [2.05, 4.69) is 42.4 Å². The van der Waals surface area contributed by atoms with Crippen LogP contribution in [0.3, 0.4) is 0 Å². The van der Waals surface area contributed by atoms with Gasteiger partial charge in [0.1, 0.15) is 0 Å². The van der Waals surface area contributed by atoms with E-state index in [0.717, 1.165) is 5.92 Å². The number of likely N-dealkylation sites (tertiary alicyclic amines) is 1. The first kappa shape index (κ1) is 22.9. The van der Waals surface area contributed by atoms with Crippen molar-refractivity contribution in [1.29, 1.82) is 0 Å². The molecule has 2 rings (SSSR count). The highest BCUT2D eigenvalue weighted by Gasteiger charge is 2.33. The monoisotopic (exact) mass is 327 g/mol. The molecule has 0 amide bonds. The van der Waals surface area contributed by atoms with Gasteiger partial charge in [0, 0.05) is 31.7 Å². The molecule has 0 atom stereocenters. The quantitative estimate of drug-likeness (QED) is 0.766. The van der Waals surface area contributed by atoms with Crippen molar-refractivity contribution in [3.8, 4) is 0 Å². The lowest BCUT2D eigenvalue weighted by molar-refractivity contribution is 0.0118. The Morgan fingerprint density at radius 3 is 1.78 bits per heavy atom. The third-order valence-electron chi connectivity index (χ3n) is 5.21. The highest BCUT2D eigenvalue weighted by Crippen LogP contribution is 2.24. The van der Waals surface area contributed by atoms with Crippen LogP contribution < -0.4 is 0 Å². The fraction of sp³-hybridized carbons (Fsp3) is 1.00. The number of piperidine rings is 1. The number of nitrogens with zero attached hydrogens (tertiary/aromatic N) is 3. The first-order valence-corrected chi connectivity index (χ1v) is 10.2. The summed E-state index contributed by atoms with van der Waals surface area (Å²) in [6.07, 6.45) is 2.81. The molecule has 140 valence electrons. The fourth-order valence-corrected chi connectivity index (χ4v) is 3.88. The average molecular weight is 328 g/mol. The molecule has 2 aliphatic rings. The summed E-state index contributed by atoms with van der Waals surface area (Å²) in [6.45, 7) is 27.5. The topological polar surface area (TPSA) is 9.72 Å². The van der Waals surface area contributed by atoms with Crippen LogP contribution in [0.15, 0.2) is 0 Å². The number of likely N-dealkylation sites (N-methyl/N-ethyl adjacent to an activating group) is 1. The Bertz CT molecular complexity index is 270. The zero-order valence-electron chi connectivity index (χ0n) is 17.5. The first-order valence-electron chi connectivity index (χ1n) is 10.2. The van der Waals surface area contributed by atoms with Crippen molar-refractivity contribution in [2.24, 2.45) is 5.92 Å². The minimum atomic E-state index is 0.358. The summed E-state index contributed by atoms with van der Waals surface area (Å²) in [5.74, 6) is 0.937. The van der Waals surface area contributed by atoms with Gasteiger partial charge in [0.2, 0.25) is 0 Å². The van der Waals surface area contributed by atoms with Crippen molar-refractivity contribution in [3.05, 3.63) is 0 Å². The molecule has 3 heteroatoms. The lowest BCUT2D eigenvalue weighted by Crippen LogP contribution is -2.59. The summed E-state index contributed by atoms with van der Waals surface area (Å²) < 4.78 is 0. The first-order chi connectivity index (χ1) is 11.0. The molecule has 0 aromatic carbocycles. The maximum Gasteiger partial charge on any atom is 0.0280 e. The van der Waals surface area contributed by atoms with Gasteiger partial charge in [0.05, 0.1) is 0 Å². The Morgan fingerprint density at radius 1 is 0.783 bits per heavy atom. The van der Waals surface area contributed by atoms with Gasteiger partial charge in [0.25, 0.3) is 0 Å². The second-order valence-corrected chi connectivity index (χ2v) is 7.00. The maximum absolute atomic E-state index is 2.72. The smallest absolute Gasteiger partial charge is 0.0280 e. The van der Waals surface area contributed by atoms with Crippen molar-refractivity contribution in [2.75, 3.05) is 52.4 Å². The Hall–Kier alpha value is -0.120. The molecule has 0 aromatic rings. The van der Waals surface area contributed by atoms with Crippen LogP contribution >= 0.6 is 0 Å². The van der Waals surface area contributed by atoms with E-state index in [1.807, 2.05) is 27.7 Å². The van der Waals surface area contributed by atoms with Crippen LogP contribution in [0.2, 0.25) is 0 Å². The second-order valence-electron chi connectivity index (χ2n) is 7.00. The molecular weight excluding hydrogens is 282 g/mol. The summed E-state index contributed by atoms with van der Waals surface area (Å²) in [5.41, 5.74) is 0.358. The highest BCUT2D eigenvalue weighted by atomic mass is 15.3. The van der Waals surface area contributed by atoms with Crippen LogP contribution in [0.4, 0.5) is 0 Å². The van der Waals surface area contributed by atoms with E-state index < -0.39 is 0 Å². The molecule has 2 saturated heterocycles. The minimum Gasteiger partial charge on any atom is -0.304 e. The van der Waals surface area contributed by atoms with Crippen LogP contribution in [-0.2, 0) is 0 Å². The lowest BCUT2D eigenvalue weighted by atomic mass is 9.93. The van der Waals surface area contributed by atoms with Crippen LogP contribution in [-0.4, -0.2) is 72.6 Å². The van der Waals surface area contributed by atoms with Crippen molar-refractivity contribution < 1.29 is 0 Å². The molecule has 2 heterocycles. The number of hydrogen-bond donors (Lipinski definition) is 0. The molecule has 0 aliphatic carbocycles. The van der Waals surface area contributed by atoms with Crippen molar-refractivity contribution in [2.45, 2.75) is 73.8 Å². The Balaban J connectivity index is 0.00000112. The fourth-order valence-electron chi connectivity index (χ4n) is 3.88. The minimum absolute atomic E-state index is 0.358. The number of piperazine rings is 1. The second kappa shape index (κ2) is 12.3. The van der Waals surface area contributed by atoms with Gasteiger partial charge in [-0.3, -0.25) is 9.80 Å². The van der Waals surface area contributed by atoms with Gasteiger partial charge < -0.3 is 4.90 Å². The third-order valence-corrected chi connectivity index (χ3v) is 5.21. The molecule has 23 heavy (non-hydrogen) atoms. The standard InChI is InChI=1S/C16H33N3.2C2H6/c1-5-17-9-7-15(8-10-17)13-18-11-12-19(6-2)16(3,4)14-18;2*1-2/h15H,5-14H2,1-4H3;2*1-2H3. The predicted molar refractivity (Wildman–Crippen MR) is 105 cm³/mol. The van der Waals surface area contributed by atoms with Gasteiger partial charge in [-0.25, -0.2) is 0 Å². The van der Waals surface area contributed by atoms with Crippen molar-refractivity contribution in [3.63, 3.8) is 0 Å². The summed E-state index contributed by atoms with van der Waals surface area (Å²) in [7, 11) is 0. The van der Waals surface area contributed by atoms with Gasteiger partial charge in [-0.05, 0) is 58.8 Å². The summed E-state index contributed by atoms with van der Waals surface area (Å²) in [5, 5.41) is 0. The molecule has 0 bridgehead atoms.